The number of halogens is 3. The van der Waals surface area contributed by atoms with E-state index in [2.05, 4.69) is 4.98 Å². The number of nitrogens with zero attached hydrogens (tertiary/aromatic N) is 2. The Bertz CT molecular complexity index is 830. The predicted octanol–water partition coefficient (Wildman–Crippen LogP) is 3.60. The van der Waals surface area contributed by atoms with Gasteiger partial charge in [-0.25, -0.2) is 9.78 Å². The Hall–Kier alpha value is -2.90. The molecule has 1 heterocycles. The first kappa shape index (κ1) is 17.9. The summed E-state index contributed by atoms with van der Waals surface area (Å²) in [7, 11) is 0. The minimum atomic E-state index is -4.41. The molecule has 2 aromatic rings. The maximum atomic E-state index is 12.7. The number of amides is 1. The maximum Gasteiger partial charge on any atom is 0.416 e. The summed E-state index contributed by atoms with van der Waals surface area (Å²) in [6.45, 7) is 0.140. The molecule has 1 fully saturated rings. The van der Waals surface area contributed by atoms with Crippen LogP contribution in [-0.2, 0) is 12.7 Å². The third kappa shape index (κ3) is 4.01. The van der Waals surface area contributed by atoms with Crippen LogP contribution in [0.5, 0.6) is 0 Å². The highest BCUT2D eigenvalue weighted by Gasteiger charge is 2.34. The van der Waals surface area contributed by atoms with E-state index in [1.54, 1.807) is 0 Å². The molecule has 1 N–H and O–H groups in total. The van der Waals surface area contributed by atoms with E-state index in [0.29, 0.717) is 5.56 Å². The molecule has 1 aromatic heterocycles. The second kappa shape index (κ2) is 6.78. The van der Waals surface area contributed by atoms with Crippen molar-refractivity contribution < 1.29 is 27.9 Å². The molecule has 1 aliphatic carbocycles. The van der Waals surface area contributed by atoms with E-state index in [4.69, 9.17) is 5.11 Å². The van der Waals surface area contributed by atoms with Crippen LogP contribution in [0.15, 0.2) is 42.5 Å². The number of aromatic carboxylic acids is 1. The molecule has 26 heavy (non-hydrogen) atoms. The third-order valence-electron chi connectivity index (χ3n) is 4.07. The Labute approximate surface area is 147 Å². The number of aromatic nitrogens is 1. The topological polar surface area (TPSA) is 70.5 Å². The smallest absolute Gasteiger partial charge is 0.416 e. The van der Waals surface area contributed by atoms with Crippen LogP contribution in [0, 0.1) is 0 Å². The average molecular weight is 364 g/mol. The van der Waals surface area contributed by atoms with E-state index in [1.165, 1.54) is 35.2 Å². The zero-order valence-corrected chi connectivity index (χ0v) is 13.5. The summed E-state index contributed by atoms with van der Waals surface area (Å²) in [4.78, 5) is 29.1. The normalized spacial score (nSPS) is 14.1. The van der Waals surface area contributed by atoms with Gasteiger partial charge in [0.25, 0.3) is 5.91 Å². The summed E-state index contributed by atoms with van der Waals surface area (Å²) in [5.74, 6) is -1.67. The van der Waals surface area contributed by atoms with Gasteiger partial charge in [-0.2, -0.15) is 13.2 Å². The first-order chi connectivity index (χ1) is 12.3. The number of carbonyl (C=O) groups is 2. The van der Waals surface area contributed by atoms with Crippen LogP contribution in [0.4, 0.5) is 13.2 Å². The summed E-state index contributed by atoms with van der Waals surface area (Å²) in [5, 5.41) is 9.00. The standard InChI is InChI=1S/C18H15F3N2O3/c19-18(20,21)12-6-4-11(5-7-12)10-23(13-8-9-13)16(24)14-2-1-3-15(22-14)17(25)26/h1-7,13H,8-10H2,(H,25,26). The summed E-state index contributed by atoms with van der Waals surface area (Å²) < 4.78 is 38.0. The van der Waals surface area contributed by atoms with Crippen LogP contribution in [0.1, 0.15) is 44.9 Å². The van der Waals surface area contributed by atoms with Crippen molar-refractivity contribution in [2.24, 2.45) is 0 Å². The van der Waals surface area contributed by atoms with Crippen molar-refractivity contribution in [1.29, 1.82) is 0 Å². The van der Waals surface area contributed by atoms with Crippen LogP contribution in [0.25, 0.3) is 0 Å². The van der Waals surface area contributed by atoms with Gasteiger partial charge < -0.3 is 10.0 Å². The Balaban J connectivity index is 1.80. The van der Waals surface area contributed by atoms with E-state index in [1.807, 2.05) is 0 Å². The molecule has 8 heteroatoms. The first-order valence-corrected chi connectivity index (χ1v) is 7.93. The molecule has 1 aromatic carbocycles. The lowest BCUT2D eigenvalue weighted by atomic mass is 10.1. The van der Waals surface area contributed by atoms with Gasteiger partial charge in [0.1, 0.15) is 11.4 Å². The number of alkyl halides is 3. The lowest BCUT2D eigenvalue weighted by Gasteiger charge is -2.22. The molecule has 0 saturated heterocycles. The molecule has 1 saturated carbocycles. The molecular formula is C18H15F3N2O3. The molecule has 0 unspecified atom stereocenters. The van der Waals surface area contributed by atoms with Gasteiger partial charge in [-0.15, -0.1) is 0 Å². The van der Waals surface area contributed by atoms with Crippen LogP contribution in [0.3, 0.4) is 0 Å². The van der Waals surface area contributed by atoms with Crippen molar-refractivity contribution in [1.82, 2.24) is 9.88 Å². The van der Waals surface area contributed by atoms with Gasteiger partial charge in [-0.3, -0.25) is 4.79 Å². The quantitative estimate of drug-likeness (QED) is 0.880. The lowest BCUT2D eigenvalue weighted by Crippen LogP contribution is -2.33. The Morgan fingerprint density at radius 1 is 1.08 bits per heavy atom. The fourth-order valence-corrected chi connectivity index (χ4v) is 2.57. The number of rotatable bonds is 5. The summed E-state index contributed by atoms with van der Waals surface area (Å²) in [6.07, 6.45) is -2.82. The van der Waals surface area contributed by atoms with Crippen LogP contribution >= 0.6 is 0 Å². The fraction of sp³-hybridized carbons (Fsp3) is 0.278. The Kier molecular flexibility index (Phi) is 4.67. The maximum absolute atomic E-state index is 12.7. The van der Waals surface area contributed by atoms with Gasteiger partial charge in [-0.1, -0.05) is 18.2 Å². The van der Waals surface area contributed by atoms with E-state index in [0.717, 1.165) is 25.0 Å². The molecule has 1 amide bonds. The summed E-state index contributed by atoms with van der Waals surface area (Å²) in [5.41, 5.74) is -0.418. The highest BCUT2D eigenvalue weighted by atomic mass is 19.4. The van der Waals surface area contributed by atoms with E-state index in [-0.39, 0.29) is 24.0 Å². The van der Waals surface area contributed by atoms with E-state index < -0.39 is 23.6 Å². The molecule has 0 aliphatic heterocycles. The van der Waals surface area contributed by atoms with Crippen molar-refractivity contribution in [3.8, 4) is 0 Å². The van der Waals surface area contributed by atoms with Crippen LogP contribution in [-0.4, -0.2) is 32.9 Å². The molecule has 0 radical (unpaired) electrons. The van der Waals surface area contributed by atoms with Gasteiger partial charge in [0.15, 0.2) is 0 Å². The molecular weight excluding hydrogens is 349 g/mol. The number of hydrogen-bond acceptors (Lipinski definition) is 3. The van der Waals surface area contributed by atoms with E-state index >= 15 is 0 Å². The SMILES string of the molecule is O=C(O)c1cccc(C(=O)N(Cc2ccc(C(F)(F)F)cc2)C2CC2)n1. The molecule has 136 valence electrons. The number of carboxylic acids is 1. The zero-order valence-electron chi connectivity index (χ0n) is 13.5. The number of hydrogen-bond donors (Lipinski definition) is 1. The van der Waals surface area contributed by atoms with E-state index in [9.17, 15) is 22.8 Å². The monoisotopic (exact) mass is 364 g/mol. The Morgan fingerprint density at radius 3 is 2.23 bits per heavy atom. The molecule has 5 nitrogen and oxygen atoms in total. The largest absolute Gasteiger partial charge is 0.477 e. The van der Waals surface area contributed by atoms with Gasteiger partial charge in [-0.05, 0) is 42.7 Å². The molecule has 0 spiro atoms. The number of benzene rings is 1. The third-order valence-corrected chi connectivity index (χ3v) is 4.07. The lowest BCUT2D eigenvalue weighted by molar-refractivity contribution is -0.137. The van der Waals surface area contributed by atoms with Crippen molar-refractivity contribution >= 4 is 11.9 Å². The molecule has 1 aliphatic rings. The minimum absolute atomic E-state index is 0.00344. The second-order valence-corrected chi connectivity index (χ2v) is 6.07. The molecule has 0 atom stereocenters. The van der Waals surface area contributed by atoms with Gasteiger partial charge >= 0.3 is 12.1 Å². The van der Waals surface area contributed by atoms with Crippen molar-refractivity contribution in [3.05, 3.63) is 65.0 Å². The highest BCUT2D eigenvalue weighted by molar-refractivity contribution is 5.94. The molecule has 3 rings (SSSR count). The minimum Gasteiger partial charge on any atom is -0.477 e. The first-order valence-electron chi connectivity index (χ1n) is 7.93. The fourth-order valence-electron chi connectivity index (χ4n) is 2.57. The summed E-state index contributed by atoms with van der Waals surface area (Å²) in [6, 6.07) is 8.78. The Morgan fingerprint density at radius 2 is 1.69 bits per heavy atom. The van der Waals surface area contributed by atoms with Gasteiger partial charge in [0.2, 0.25) is 0 Å². The van der Waals surface area contributed by atoms with Crippen LogP contribution < -0.4 is 0 Å². The van der Waals surface area contributed by atoms with Crippen molar-refractivity contribution in [3.63, 3.8) is 0 Å². The van der Waals surface area contributed by atoms with Crippen molar-refractivity contribution in [2.75, 3.05) is 0 Å². The number of carbonyl (C=O) groups excluding carboxylic acids is 1. The number of pyridine rings is 1. The zero-order chi connectivity index (χ0) is 18.9. The second-order valence-electron chi connectivity index (χ2n) is 6.07. The molecule has 0 bridgehead atoms. The number of carboxylic acid groups (broad SMARTS) is 1. The average Bonchev–Trinajstić information content (AvgIpc) is 3.44. The van der Waals surface area contributed by atoms with Gasteiger partial charge in [0, 0.05) is 12.6 Å². The van der Waals surface area contributed by atoms with Crippen molar-refractivity contribution in [2.45, 2.75) is 31.6 Å². The van der Waals surface area contributed by atoms with Crippen LogP contribution in [0.2, 0.25) is 0 Å². The summed E-state index contributed by atoms with van der Waals surface area (Å²) >= 11 is 0. The predicted molar refractivity (Wildman–Crippen MR) is 85.5 cm³/mol. The highest BCUT2D eigenvalue weighted by Crippen LogP contribution is 2.31. The van der Waals surface area contributed by atoms with Gasteiger partial charge in [0.05, 0.1) is 5.56 Å².